The van der Waals surface area contributed by atoms with E-state index in [9.17, 15) is 0 Å². The Morgan fingerprint density at radius 3 is 0.905 bits per heavy atom. The molecule has 8 N–H and O–H groups in total. The minimum atomic E-state index is 0. The summed E-state index contributed by atoms with van der Waals surface area (Å²) in [4.78, 5) is 0. The normalized spacial score (nSPS) is 6.95. The van der Waals surface area contributed by atoms with E-state index in [-0.39, 0.29) is 28.1 Å². The van der Waals surface area contributed by atoms with Crippen LogP contribution in [-0.4, -0.2) is 28.8 Å². The van der Waals surface area contributed by atoms with E-state index in [1.54, 1.807) is 0 Å². The van der Waals surface area contributed by atoms with Gasteiger partial charge in [-0.05, 0) is 11.5 Å². The van der Waals surface area contributed by atoms with Gasteiger partial charge in [-0.15, -0.1) is 0 Å². The van der Waals surface area contributed by atoms with Crippen LogP contribution in [0.2, 0.25) is 0 Å². The summed E-state index contributed by atoms with van der Waals surface area (Å²) in [6.45, 7) is 4.04. The molecule has 0 radical (unpaired) electrons. The second-order valence-electron chi connectivity index (χ2n) is 2.14. The van der Waals surface area contributed by atoms with Crippen molar-refractivity contribution in [3.05, 3.63) is 0 Å². The van der Waals surface area contributed by atoms with Crippen molar-refractivity contribution in [1.82, 2.24) is 0 Å². The molecule has 0 aliphatic heterocycles. The van der Waals surface area contributed by atoms with E-state index in [0.717, 1.165) is 11.5 Å². The van der Waals surface area contributed by atoms with Gasteiger partial charge in [0.2, 0.25) is 0 Å². The molecule has 0 fully saturated rings. The van der Waals surface area contributed by atoms with Crippen LogP contribution in [0, 0.1) is 0 Å². The molecule has 0 saturated carbocycles. The third kappa shape index (κ3) is 148. The van der Waals surface area contributed by atoms with Crippen LogP contribution >= 0.6 is 72.4 Å². The largest absolute Gasteiger partial charge is 2.00 e. The number of hydrogen-bond acceptors (Lipinski definition) is 8. The maximum atomic E-state index is 5.10. The minimum absolute atomic E-state index is 0. The van der Waals surface area contributed by atoms with Gasteiger partial charge < -0.3 is 72.6 Å². The molecule has 0 saturated heterocycles. The molecule has 0 aromatic rings. The molecule has 0 unspecified atom stereocenters. The summed E-state index contributed by atoms with van der Waals surface area (Å²) in [5.74, 6) is 1.96. The molecule has 0 heterocycles. The molecule has 0 aliphatic rings. The first-order chi connectivity index (χ1) is 9.00. The van der Waals surface area contributed by atoms with Crippen LogP contribution < -0.4 is 22.9 Å². The smallest absolute Gasteiger partial charge is 0.415 e. The predicted molar refractivity (Wildman–Crippen MR) is 118 cm³/mol. The molecule has 4 nitrogen and oxygen atoms in total. The fourth-order valence-corrected chi connectivity index (χ4v) is 1.56. The second kappa shape index (κ2) is 29.3. The Morgan fingerprint density at radius 2 is 0.905 bits per heavy atom. The molecule has 0 atom stereocenters. The summed E-state index contributed by atoms with van der Waals surface area (Å²) in [6.07, 6.45) is 0. The van der Waals surface area contributed by atoms with Gasteiger partial charge in [0.1, 0.15) is 8.64 Å². The third-order valence-corrected chi connectivity index (χ3v) is 2.43. The fraction of sp³-hybridized carbons (Fsp3) is 0.500. The molecular weight excluding hydrogens is 474 g/mol. The standard InChI is InChI=1S/2C3H7NS2.2CH3NS2.Zn/c2*1-2-6-3(4)5;2*2-1(3)4;/h2*2H2,1H3,(H2,4,5);2*(H3,2,3,4);/q;;;;+2/p-2. The van der Waals surface area contributed by atoms with Gasteiger partial charge in [-0.1, -0.05) is 70.4 Å². The Kier molecular flexibility index (Phi) is 47.3. The van der Waals surface area contributed by atoms with Crippen LogP contribution in [0.3, 0.4) is 0 Å². The van der Waals surface area contributed by atoms with Crippen molar-refractivity contribution in [2.75, 3.05) is 11.5 Å². The van der Waals surface area contributed by atoms with Gasteiger partial charge in [-0.3, -0.25) is 0 Å². The number of hydrogen-bond donors (Lipinski definition) is 4. The van der Waals surface area contributed by atoms with Crippen LogP contribution in [0.5, 0.6) is 0 Å². The minimum Gasteiger partial charge on any atom is -0.415 e. The zero-order valence-corrected chi connectivity index (χ0v) is 21.2. The van der Waals surface area contributed by atoms with E-state index in [2.05, 4.69) is 85.6 Å². The maximum absolute atomic E-state index is 5.10. The van der Waals surface area contributed by atoms with Gasteiger partial charge in [0.05, 0.1) is 0 Å². The van der Waals surface area contributed by atoms with Gasteiger partial charge in [0, 0.05) is 0 Å². The Hall–Kier alpha value is 1.32. The molecule has 13 heteroatoms. The molecule has 0 aromatic heterocycles. The summed E-state index contributed by atoms with van der Waals surface area (Å²) in [5, 5.41) is 0. The summed E-state index contributed by atoms with van der Waals surface area (Å²) in [7, 11) is 0. The number of rotatable bonds is 2. The molecule has 0 aromatic carbocycles. The van der Waals surface area contributed by atoms with Crippen LogP contribution in [0.4, 0.5) is 0 Å². The summed E-state index contributed by atoms with van der Waals surface area (Å²) in [5.41, 5.74) is 19.5. The van der Waals surface area contributed by atoms with Crippen molar-refractivity contribution in [2.24, 2.45) is 22.9 Å². The average Bonchev–Trinajstić information content (AvgIpc) is 2.15. The third-order valence-electron chi connectivity index (χ3n) is 0.573. The Morgan fingerprint density at radius 1 is 0.762 bits per heavy atom. The molecule has 0 amide bonds. The van der Waals surface area contributed by atoms with Crippen LogP contribution in [0.15, 0.2) is 0 Å². The first kappa shape index (κ1) is 33.8. The van der Waals surface area contributed by atoms with E-state index in [4.69, 9.17) is 11.5 Å². The molecule has 0 spiro atoms. The van der Waals surface area contributed by atoms with Gasteiger partial charge in [-0.2, -0.15) is 0 Å². The van der Waals surface area contributed by atoms with E-state index in [1.165, 1.54) is 23.5 Å². The summed E-state index contributed by atoms with van der Waals surface area (Å²) >= 11 is 28.6. The quantitative estimate of drug-likeness (QED) is 0.255. The number of thioether (sulfide) groups is 2. The number of thiocarbonyl (C=S) groups is 4. The van der Waals surface area contributed by atoms with E-state index < -0.39 is 0 Å². The van der Waals surface area contributed by atoms with Crippen molar-refractivity contribution < 1.29 is 19.5 Å². The fourth-order valence-electron chi connectivity index (χ4n) is 0.285. The average molecular weight is 492 g/mol. The van der Waals surface area contributed by atoms with Gasteiger partial charge in [0.25, 0.3) is 0 Å². The Bertz CT molecular complexity index is 253. The molecule has 120 valence electrons. The summed E-state index contributed by atoms with van der Waals surface area (Å²) in [6, 6.07) is 0. The van der Waals surface area contributed by atoms with Crippen molar-refractivity contribution in [2.45, 2.75) is 13.8 Å². The first-order valence-corrected chi connectivity index (χ1v) is 9.20. The molecule has 21 heavy (non-hydrogen) atoms. The van der Waals surface area contributed by atoms with Crippen LogP contribution in [-0.2, 0) is 44.7 Å². The molecule has 0 rings (SSSR count). The van der Waals surface area contributed by atoms with Gasteiger partial charge in [0.15, 0.2) is 0 Å². The Balaban J connectivity index is -0.0000000544. The van der Waals surface area contributed by atoms with Crippen molar-refractivity contribution in [3.63, 3.8) is 0 Å². The van der Waals surface area contributed by atoms with Crippen molar-refractivity contribution >= 4 is 115 Å². The van der Waals surface area contributed by atoms with Gasteiger partial charge >= 0.3 is 19.5 Å². The van der Waals surface area contributed by atoms with E-state index in [1.807, 2.05) is 13.8 Å². The molecule has 0 aliphatic carbocycles. The van der Waals surface area contributed by atoms with Gasteiger partial charge in [-0.25, -0.2) is 0 Å². The Labute approximate surface area is 181 Å². The SMILES string of the molecule is CCSC(N)=S.CCSC(N)=S.NC(=S)[S-].NC(=S)[S-].[Zn+2]. The zero-order valence-electron chi connectivity index (χ0n) is 11.7. The first-order valence-electron chi connectivity index (χ1n) is 4.78. The number of nitrogens with two attached hydrogens (primary N) is 4. The topological polar surface area (TPSA) is 104 Å². The zero-order chi connectivity index (χ0) is 17.1. The van der Waals surface area contributed by atoms with Crippen molar-refractivity contribution in [3.8, 4) is 0 Å². The molecule has 0 bridgehead atoms. The monoisotopic (exact) mass is 490 g/mol. The van der Waals surface area contributed by atoms with Crippen molar-refractivity contribution in [1.29, 1.82) is 0 Å². The van der Waals surface area contributed by atoms with E-state index >= 15 is 0 Å². The van der Waals surface area contributed by atoms with Crippen LogP contribution in [0.1, 0.15) is 13.8 Å². The summed E-state index contributed by atoms with van der Waals surface area (Å²) < 4.78 is 1.25. The van der Waals surface area contributed by atoms with E-state index in [0.29, 0.717) is 8.64 Å². The van der Waals surface area contributed by atoms with Crippen LogP contribution in [0.25, 0.3) is 0 Å². The maximum Gasteiger partial charge on any atom is 2.00 e. The predicted octanol–water partition coefficient (Wildman–Crippen LogP) is 1.52. The molecular formula is C8H18N4S8Zn. The second-order valence-corrected chi connectivity index (χ2v) is 8.43.